The molecule has 0 aliphatic carbocycles. The molecule has 0 bridgehead atoms. The maximum atomic E-state index is 10.6. The first-order valence-electron chi connectivity index (χ1n) is 6.43. The zero-order chi connectivity index (χ0) is 15.8. The molecule has 0 radical (unpaired) electrons. The predicted octanol–water partition coefficient (Wildman–Crippen LogP) is 1.68. The number of aliphatic hydroxyl groups is 2. The van der Waals surface area contributed by atoms with E-state index in [9.17, 15) is 19.8 Å². The molecule has 0 saturated carbocycles. The van der Waals surface area contributed by atoms with E-state index in [2.05, 4.69) is 0 Å². The second-order valence-electron chi connectivity index (χ2n) is 4.80. The van der Waals surface area contributed by atoms with Crippen molar-refractivity contribution in [2.45, 2.75) is 51.7 Å². The van der Waals surface area contributed by atoms with Crippen molar-refractivity contribution < 1.29 is 30.0 Å². The van der Waals surface area contributed by atoms with Gasteiger partial charge in [0.05, 0.1) is 0 Å². The summed E-state index contributed by atoms with van der Waals surface area (Å²) >= 11 is 0. The summed E-state index contributed by atoms with van der Waals surface area (Å²) in [4.78, 5) is 21.1. The quantitative estimate of drug-likeness (QED) is 0.291. The molecule has 0 unspecified atom stereocenters. The first-order valence-corrected chi connectivity index (χ1v) is 6.43. The molecule has 0 fully saturated rings. The number of hydrogen-bond donors (Lipinski definition) is 4. The molecule has 0 rings (SSSR count). The van der Waals surface area contributed by atoms with E-state index >= 15 is 0 Å². The Kier molecular flexibility index (Phi) is 7.79. The Hall–Kier alpha value is -1.66. The van der Waals surface area contributed by atoms with Gasteiger partial charge in [-0.3, -0.25) is 0 Å². The van der Waals surface area contributed by atoms with Gasteiger partial charge in [0.2, 0.25) is 0 Å². The summed E-state index contributed by atoms with van der Waals surface area (Å²) in [5.74, 6) is -4.24. The van der Waals surface area contributed by atoms with E-state index in [1.807, 2.05) is 0 Å². The molecular weight excluding hydrogens is 264 g/mol. The van der Waals surface area contributed by atoms with Crippen LogP contribution < -0.4 is 0 Å². The fourth-order valence-corrected chi connectivity index (χ4v) is 1.59. The summed E-state index contributed by atoms with van der Waals surface area (Å²) < 4.78 is 0. The van der Waals surface area contributed by atoms with Crippen molar-refractivity contribution in [2.75, 3.05) is 0 Å². The van der Waals surface area contributed by atoms with Gasteiger partial charge in [-0.05, 0) is 39.2 Å². The first kappa shape index (κ1) is 18.3. The van der Waals surface area contributed by atoms with Crippen LogP contribution in [-0.4, -0.2) is 38.2 Å². The van der Waals surface area contributed by atoms with Gasteiger partial charge in [0, 0.05) is 17.6 Å². The molecule has 0 aromatic rings. The Bertz CT molecular complexity index is 406. The van der Waals surface area contributed by atoms with Crippen molar-refractivity contribution in [2.24, 2.45) is 0 Å². The van der Waals surface area contributed by atoms with E-state index in [1.54, 1.807) is 6.08 Å². The number of allylic oxidation sites excluding steroid dienone is 1. The maximum Gasteiger partial charge on any atom is 0.331 e. The number of carbonyl (C=O) groups is 2. The molecule has 0 amide bonds. The van der Waals surface area contributed by atoms with E-state index in [0.29, 0.717) is 24.8 Å². The van der Waals surface area contributed by atoms with E-state index in [1.165, 1.54) is 13.8 Å². The minimum Gasteiger partial charge on any atom is -0.478 e. The molecule has 114 valence electrons. The molecular formula is C14H22O6. The Morgan fingerprint density at radius 1 is 0.950 bits per heavy atom. The average Bonchev–Trinajstić information content (AvgIpc) is 2.32. The second kappa shape index (κ2) is 8.50. The average molecular weight is 286 g/mol. The van der Waals surface area contributed by atoms with E-state index in [0.717, 1.165) is 12.5 Å². The summed E-state index contributed by atoms with van der Waals surface area (Å²) in [7, 11) is 0. The minimum absolute atomic E-state index is 0.0409. The van der Waals surface area contributed by atoms with Crippen LogP contribution in [0.4, 0.5) is 0 Å². The van der Waals surface area contributed by atoms with Gasteiger partial charge in [-0.2, -0.15) is 0 Å². The van der Waals surface area contributed by atoms with Gasteiger partial charge in [-0.25, -0.2) is 9.59 Å². The minimum atomic E-state index is -2.12. The van der Waals surface area contributed by atoms with Gasteiger partial charge in [0.25, 0.3) is 0 Å². The number of rotatable bonds is 9. The third-order valence-corrected chi connectivity index (χ3v) is 2.82. The normalized spacial score (nSPS) is 13.4. The third kappa shape index (κ3) is 8.44. The number of carboxylic acids is 2. The molecule has 6 heteroatoms. The highest BCUT2D eigenvalue weighted by Crippen LogP contribution is 2.16. The summed E-state index contributed by atoms with van der Waals surface area (Å²) in [5, 5.41) is 36.4. The van der Waals surface area contributed by atoms with Crippen LogP contribution in [0.2, 0.25) is 0 Å². The van der Waals surface area contributed by atoms with Crippen molar-refractivity contribution >= 4 is 11.9 Å². The topological polar surface area (TPSA) is 115 Å². The second-order valence-corrected chi connectivity index (χ2v) is 4.80. The summed E-state index contributed by atoms with van der Waals surface area (Å²) in [6.45, 7) is 2.82. The van der Waals surface area contributed by atoms with Crippen LogP contribution in [0.5, 0.6) is 0 Å². The third-order valence-electron chi connectivity index (χ3n) is 2.82. The number of aliphatic carboxylic acids is 2. The molecule has 0 aliphatic rings. The highest BCUT2D eigenvalue weighted by Gasteiger charge is 2.20. The number of carboxylic acid groups (broad SMARTS) is 2. The fraction of sp³-hybridized carbons (Fsp3) is 0.571. The van der Waals surface area contributed by atoms with Crippen LogP contribution >= 0.6 is 0 Å². The number of hydrogen-bond acceptors (Lipinski definition) is 4. The van der Waals surface area contributed by atoms with Crippen LogP contribution in [0.1, 0.15) is 46.0 Å². The zero-order valence-electron chi connectivity index (χ0n) is 11.8. The molecule has 0 saturated heterocycles. The Morgan fingerprint density at radius 2 is 1.50 bits per heavy atom. The van der Waals surface area contributed by atoms with Gasteiger partial charge < -0.3 is 20.4 Å². The lowest BCUT2D eigenvalue weighted by Gasteiger charge is -2.17. The summed E-state index contributed by atoms with van der Waals surface area (Å²) in [6.07, 6.45) is 5.15. The lowest BCUT2D eigenvalue weighted by Crippen LogP contribution is -2.26. The van der Waals surface area contributed by atoms with Gasteiger partial charge in [0.15, 0.2) is 5.79 Å². The Morgan fingerprint density at radius 3 is 2.00 bits per heavy atom. The molecule has 0 aromatic carbocycles. The fourth-order valence-electron chi connectivity index (χ4n) is 1.59. The zero-order valence-corrected chi connectivity index (χ0v) is 11.8. The Balaban J connectivity index is 4.01. The monoisotopic (exact) mass is 286 g/mol. The summed E-state index contributed by atoms with van der Waals surface area (Å²) in [6, 6.07) is 0. The molecule has 20 heavy (non-hydrogen) atoms. The van der Waals surface area contributed by atoms with Crippen LogP contribution in [-0.2, 0) is 9.59 Å². The summed E-state index contributed by atoms with van der Waals surface area (Å²) in [5.41, 5.74) is 0.179. The van der Waals surface area contributed by atoms with E-state index < -0.39 is 17.7 Å². The van der Waals surface area contributed by atoms with Crippen molar-refractivity contribution in [3.05, 3.63) is 23.3 Å². The standard InChI is InChI=1S/C14H22O6/c1-10(12(15)16)7-5-3-4-6-8-14(19,20)9-11(2)13(17)18/h7,9,19-20H,3-6,8H2,1-2H3,(H,15,16)(H,17,18). The number of unbranched alkanes of at least 4 members (excludes halogenated alkanes) is 3. The van der Waals surface area contributed by atoms with Crippen LogP contribution in [0.3, 0.4) is 0 Å². The molecule has 0 aliphatic heterocycles. The highest BCUT2D eigenvalue weighted by atomic mass is 16.5. The lowest BCUT2D eigenvalue weighted by atomic mass is 10.0. The van der Waals surface area contributed by atoms with Gasteiger partial charge in [-0.15, -0.1) is 0 Å². The van der Waals surface area contributed by atoms with Gasteiger partial charge >= 0.3 is 11.9 Å². The highest BCUT2D eigenvalue weighted by molar-refractivity contribution is 5.86. The molecule has 0 atom stereocenters. The largest absolute Gasteiger partial charge is 0.478 e. The molecule has 0 aromatic heterocycles. The van der Waals surface area contributed by atoms with Gasteiger partial charge in [-0.1, -0.05) is 12.5 Å². The predicted molar refractivity (Wildman–Crippen MR) is 73.0 cm³/mol. The van der Waals surface area contributed by atoms with Gasteiger partial charge in [0.1, 0.15) is 0 Å². The van der Waals surface area contributed by atoms with Crippen molar-refractivity contribution in [1.29, 1.82) is 0 Å². The Labute approximate surface area is 118 Å². The van der Waals surface area contributed by atoms with Crippen LogP contribution in [0.25, 0.3) is 0 Å². The van der Waals surface area contributed by atoms with E-state index in [-0.39, 0.29) is 12.0 Å². The maximum absolute atomic E-state index is 10.6. The molecule has 6 nitrogen and oxygen atoms in total. The van der Waals surface area contributed by atoms with Crippen molar-refractivity contribution in [3.63, 3.8) is 0 Å². The first-order chi connectivity index (χ1) is 9.15. The SMILES string of the molecule is CC(=CCCCCCC(O)(O)C=C(C)C(=O)O)C(=O)O. The molecule has 0 heterocycles. The van der Waals surface area contributed by atoms with Crippen LogP contribution in [0.15, 0.2) is 23.3 Å². The van der Waals surface area contributed by atoms with E-state index in [4.69, 9.17) is 10.2 Å². The lowest BCUT2D eigenvalue weighted by molar-refractivity contribution is -0.136. The molecule has 0 spiro atoms. The van der Waals surface area contributed by atoms with Crippen molar-refractivity contribution in [1.82, 2.24) is 0 Å². The smallest absolute Gasteiger partial charge is 0.331 e. The van der Waals surface area contributed by atoms with Crippen molar-refractivity contribution in [3.8, 4) is 0 Å². The van der Waals surface area contributed by atoms with Crippen LogP contribution in [0, 0.1) is 0 Å². The molecule has 4 N–H and O–H groups in total.